The Kier molecular flexibility index (Phi) is 6.10. The molecule has 1 rings (SSSR count). The molecule has 6 nitrogen and oxygen atoms in total. The summed E-state index contributed by atoms with van der Waals surface area (Å²) in [5.74, 6) is 0.193. The molecule has 18 heavy (non-hydrogen) atoms. The predicted octanol–water partition coefficient (Wildman–Crippen LogP) is 0.0493. The van der Waals surface area contributed by atoms with E-state index in [0.717, 1.165) is 0 Å². The van der Waals surface area contributed by atoms with Crippen LogP contribution in [0.3, 0.4) is 0 Å². The fourth-order valence-corrected chi connectivity index (χ4v) is 1.49. The van der Waals surface area contributed by atoms with Crippen molar-refractivity contribution < 1.29 is 19.7 Å². The maximum atomic E-state index is 11.4. The number of pyridine rings is 1. The maximum Gasteiger partial charge on any atom is 0.339 e. The highest BCUT2D eigenvalue weighted by atomic mass is 16.5. The Morgan fingerprint density at radius 3 is 2.44 bits per heavy atom. The fourth-order valence-electron chi connectivity index (χ4n) is 1.49. The number of nitrogens with zero attached hydrogens (tertiary/aromatic N) is 2. The molecule has 0 amide bonds. The second-order valence-electron chi connectivity index (χ2n) is 3.56. The van der Waals surface area contributed by atoms with Gasteiger partial charge >= 0.3 is 5.97 Å². The summed E-state index contributed by atoms with van der Waals surface area (Å²) in [7, 11) is 0. The number of esters is 1. The molecule has 0 unspecified atom stereocenters. The molecule has 0 fully saturated rings. The topological polar surface area (TPSA) is 82.9 Å². The van der Waals surface area contributed by atoms with Crippen molar-refractivity contribution in [1.29, 1.82) is 0 Å². The quantitative estimate of drug-likeness (QED) is 0.669. The Morgan fingerprint density at radius 1 is 1.33 bits per heavy atom. The lowest BCUT2D eigenvalue weighted by molar-refractivity contribution is 0.0526. The van der Waals surface area contributed by atoms with Crippen LogP contribution in [0.4, 0.5) is 5.82 Å². The van der Waals surface area contributed by atoms with Gasteiger partial charge in [-0.05, 0) is 19.1 Å². The van der Waals surface area contributed by atoms with Gasteiger partial charge in [0.15, 0.2) is 0 Å². The summed E-state index contributed by atoms with van der Waals surface area (Å²) in [5, 5.41) is 17.8. The van der Waals surface area contributed by atoms with Crippen molar-refractivity contribution in [1.82, 2.24) is 4.98 Å². The molecule has 0 spiro atoms. The highest BCUT2D eigenvalue weighted by Crippen LogP contribution is 2.11. The number of hydrogen-bond acceptors (Lipinski definition) is 6. The van der Waals surface area contributed by atoms with E-state index in [1.165, 1.54) is 6.20 Å². The van der Waals surface area contributed by atoms with E-state index in [0.29, 0.717) is 31.1 Å². The predicted molar refractivity (Wildman–Crippen MR) is 66.6 cm³/mol. The van der Waals surface area contributed by atoms with Gasteiger partial charge in [-0.2, -0.15) is 0 Å². The van der Waals surface area contributed by atoms with Crippen LogP contribution in [-0.2, 0) is 4.74 Å². The number of carbonyl (C=O) groups excluding carboxylic acids is 1. The summed E-state index contributed by atoms with van der Waals surface area (Å²) in [4.78, 5) is 17.3. The van der Waals surface area contributed by atoms with Gasteiger partial charge in [0.05, 0.1) is 25.4 Å². The third-order valence-corrected chi connectivity index (χ3v) is 2.32. The molecule has 0 bridgehead atoms. The molecule has 0 saturated carbocycles. The fraction of sp³-hybridized carbons (Fsp3) is 0.500. The number of aliphatic hydroxyl groups excluding tert-OH is 2. The van der Waals surface area contributed by atoms with E-state index in [-0.39, 0.29) is 13.2 Å². The van der Waals surface area contributed by atoms with Crippen molar-refractivity contribution in [3.63, 3.8) is 0 Å². The third kappa shape index (κ3) is 3.97. The van der Waals surface area contributed by atoms with Gasteiger partial charge in [0.25, 0.3) is 0 Å². The van der Waals surface area contributed by atoms with E-state index in [4.69, 9.17) is 14.9 Å². The van der Waals surface area contributed by atoms with Crippen LogP contribution in [0.5, 0.6) is 0 Å². The summed E-state index contributed by atoms with van der Waals surface area (Å²) >= 11 is 0. The van der Waals surface area contributed by atoms with Crippen LogP contribution in [0.1, 0.15) is 17.3 Å². The highest BCUT2D eigenvalue weighted by Gasteiger charge is 2.10. The summed E-state index contributed by atoms with van der Waals surface area (Å²) in [6.07, 6.45) is 1.43. The minimum absolute atomic E-state index is 0.0265. The zero-order chi connectivity index (χ0) is 13.4. The number of aliphatic hydroxyl groups is 2. The van der Waals surface area contributed by atoms with Gasteiger partial charge in [-0.3, -0.25) is 0 Å². The molecule has 0 saturated heterocycles. The normalized spacial score (nSPS) is 10.2. The van der Waals surface area contributed by atoms with Crippen molar-refractivity contribution in [2.24, 2.45) is 0 Å². The molecule has 0 aliphatic heterocycles. The van der Waals surface area contributed by atoms with E-state index >= 15 is 0 Å². The van der Waals surface area contributed by atoms with Crippen LogP contribution < -0.4 is 4.90 Å². The van der Waals surface area contributed by atoms with Crippen LogP contribution >= 0.6 is 0 Å². The highest BCUT2D eigenvalue weighted by molar-refractivity contribution is 5.89. The first kappa shape index (κ1) is 14.4. The molecular formula is C12H18N2O4. The first-order valence-corrected chi connectivity index (χ1v) is 5.82. The largest absolute Gasteiger partial charge is 0.462 e. The molecule has 0 atom stereocenters. The van der Waals surface area contributed by atoms with Gasteiger partial charge in [0.2, 0.25) is 0 Å². The minimum Gasteiger partial charge on any atom is -0.462 e. The van der Waals surface area contributed by atoms with Crippen LogP contribution in [0.15, 0.2) is 18.3 Å². The average Bonchev–Trinajstić information content (AvgIpc) is 2.39. The van der Waals surface area contributed by atoms with E-state index in [1.807, 2.05) is 0 Å². The molecule has 0 aliphatic carbocycles. The zero-order valence-electron chi connectivity index (χ0n) is 10.4. The maximum absolute atomic E-state index is 11.4. The molecule has 1 aromatic rings. The van der Waals surface area contributed by atoms with Gasteiger partial charge in [0.1, 0.15) is 5.82 Å². The Labute approximate surface area is 106 Å². The Morgan fingerprint density at radius 2 is 2.00 bits per heavy atom. The van der Waals surface area contributed by atoms with Gasteiger partial charge in [0, 0.05) is 19.3 Å². The zero-order valence-corrected chi connectivity index (χ0v) is 10.4. The number of anilines is 1. The molecule has 0 aromatic carbocycles. The molecular weight excluding hydrogens is 236 g/mol. The van der Waals surface area contributed by atoms with Crippen LogP contribution in [0.25, 0.3) is 0 Å². The SMILES string of the molecule is CCOC(=O)c1ccc(N(CCO)CCO)nc1. The van der Waals surface area contributed by atoms with E-state index in [1.54, 1.807) is 24.0 Å². The van der Waals surface area contributed by atoms with Crippen LogP contribution in [0, 0.1) is 0 Å². The minimum atomic E-state index is -0.410. The number of ether oxygens (including phenoxy) is 1. The number of rotatable bonds is 7. The van der Waals surface area contributed by atoms with Crippen molar-refractivity contribution in [3.8, 4) is 0 Å². The van der Waals surface area contributed by atoms with Crippen LogP contribution in [0.2, 0.25) is 0 Å². The lowest BCUT2D eigenvalue weighted by atomic mass is 10.3. The third-order valence-electron chi connectivity index (χ3n) is 2.32. The lowest BCUT2D eigenvalue weighted by Crippen LogP contribution is -2.30. The Bertz CT molecular complexity index is 361. The Hall–Kier alpha value is -1.66. The second-order valence-corrected chi connectivity index (χ2v) is 3.56. The summed E-state index contributed by atoms with van der Waals surface area (Å²) in [5.41, 5.74) is 0.383. The van der Waals surface area contributed by atoms with E-state index < -0.39 is 5.97 Å². The van der Waals surface area contributed by atoms with Gasteiger partial charge in [-0.25, -0.2) is 9.78 Å². The number of hydrogen-bond donors (Lipinski definition) is 2. The van der Waals surface area contributed by atoms with Crippen molar-refractivity contribution in [3.05, 3.63) is 23.9 Å². The van der Waals surface area contributed by atoms with E-state index in [9.17, 15) is 4.79 Å². The summed E-state index contributed by atoms with van der Waals surface area (Å²) < 4.78 is 4.85. The van der Waals surface area contributed by atoms with Gasteiger partial charge in [-0.15, -0.1) is 0 Å². The standard InChI is InChI=1S/C12H18N2O4/c1-2-18-12(17)10-3-4-11(13-9-10)14(5-7-15)6-8-16/h3-4,9,15-16H,2,5-8H2,1H3. The van der Waals surface area contributed by atoms with Crippen molar-refractivity contribution in [2.75, 3.05) is 37.8 Å². The van der Waals surface area contributed by atoms with E-state index in [2.05, 4.69) is 4.98 Å². The summed E-state index contributed by atoms with van der Waals surface area (Å²) in [6.45, 7) is 2.77. The number of carbonyl (C=O) groups is 1. The molecule has 2 N–H and O–H groups in total. The first-order chi connectivity index (χ1) is 8.72. The van der Waals surface area contributed by atoms with Gasteiger partial charge in [-0.1, -0.05) is 0 Å². The average molecular weight is 254 g/mol. The first-order valence-electron chi connectivity index (χ1n) is 5.82. The molecule has 1 heterocycles. The molecule has 0 radical (unpaired) electrons. The smallest absolute Gasteiger partial charge is 0.339 e. The second kappa shape index (κ2) is 7.62. The lowest BCUT2D eigenvalue weighted by Gasteiger charge is -2.21. The molecule has 100 valence electrons. The monoisotopic (exact) mass is 254 g/mol. The molecule has 0 aliphatic rings. The number of aromatic nitrogens is 1. The van der Waals surface area contributed by atoms with Crippen molar-refractivity contribution >= 4 is 11.8 Å². The van der Waals surface area contributed by atoms with Crippen LogP contribution in [-0.4, -0.2) is 54.1 Å². The van der Waals surface area contributed by atoms with Crippen molar-refractivity contribution in [2.45, 2.75) is 6.92 Å². The van der Waals surface area contributed by atoms with Gasteiger partial charge < -0.3 is 19.8 Å². The molecule has 1 aromatic heterocycles. The Balaban J connectivity index is 2.76. The molecule has 6 heteroatoms. The summed E-state index contributed by atoms with van der Waals surface area (Å²) in [6, 6.07) is 3.28.